The lowest BCUT2D eigenvalue weighted by Gasteiger charge is -2.33. The predicted octanol–water partition coefficient (Wildman–Crippen LogP) is 4.57. The number of amides is 3. The molecule has 0 aliphatic carbocycles. The molecule has 7 heteroatoms. The summed E-state index contributed by atoms with van der Waals surface area (Å²) in [5.74, 6) is 0.0685. The zero-order valence-corrected chi connectivity index (χ0v) is 24.0. The predicted molar refractivity (Wildman–Crippen MR) is 148 cm³/mol. The van der Waals surface area contributed by atoms with E-state index in [-0.39, 0.29) is 23.1 Å². The van der Waals surface area contributed by atoms with Gasteiger partial charge in [-0.25, -0.2) is 0 Å². The lowest BCUT2D eigenvalue weighted by molar-refractivity contribution is -0.141. The molecule has 3 unspecified atom stereocenters. The molecule has 1 aliphatic heterocycles. The highest BCUT2D eigenvalue weighted by molar-refractivity contribution is 5.96. The van der Waals surface area contributed by atoms with Crippen LogP contribution in [0, 0.1) is 11.3 Å². The lowest BCUT2D eigenvalue weighted by Crippen LogP contribution is -2.56. The molecule has 3 amide bonds. The first-order chi connectivity index (χ1) is 16.3. The number of carbonyl (C=O) groups is 3. The summed E-state index contributed by atoms with van der Waals surface area (Å²) in [6, 6.07) is -1.71. The summed E-state index contributed by atoms with van der Waals surface area (Å²) in [6.45, 7) is 26.6. The first-order valence-corrected chi connectivity index (χ1v) is 13.2. The van der Waals surface area contributed by atoms with E-state index in [1.54, 1.807) is 11.0 Å². The van der Waals surface area contributed by atoms with E-state index < -0.39 is 18.1 Å². The van der Waals surface area contributed by atoms with Crippen molar-refractivity contribution in [1.29, 1.82) is 0 Å². The van der Waals surface area contributed by atoms with E-state index in [1.165, 1.54) is 0 Å². The van der Waals surface area contributed by atoms with Crippen molar-refractivity contribution in [2.24, 2.45) is 17.1 Å². The van der Waals surface area contributed by atoms with Crippen LogP contribution in [0.2, 0.25) is 0 Å². The van der Waals surface area contributed by atoms with Crippen LogP contribution in [-0.2, 0) is 14.4 Å². The van der Waals surface area contributed by atoms with Gasteiger partial charge in [0, 0.05) is 18.7 Å². The number of nitrogens with one attached hydrogen (secondary N) is 2. The highest BCUT2D eigenvalue weighted by Crippen LogP contribution is 2.25. The summed E-state index contributed by atoms with van der Waals surface area (Å²) >= 11 is 0. The molecule has 0 bridgehead atoms. The molecule has 1 fully saturated rings. The maximum Gasteiger partial charge on any atom is 0.248 e. The van der Waals surface area contributed by atoms with Crippen LogP contribution >= 0.6 is 0 Å². The normalized spacial score (nSPS) is 16.7. The lowest BCUT2D eigenvalue weighted by atomic mass is 9.86. The molecule has 1 heterocycles. The molecular weight excluding hydrogens is 440 g/mol. The summed E-state index contributed by atoms with van der Waals surface area (Å²) in [5.41, 5.74) is 6.07. The van der Waals surface area contributed by atoms with Crippen LogP contribution in [-0.4, -0.2) is 53.8 Å². The van der Waals surface area contributed by atoms with Crippen molar-refractivity contribution >= 4 is 17.7 Å². The molecule has 3 atom stereocenters. The van der Waals surface area contributed by atoms with Gasteiger partial charge in [0.05, 0.1) is 12.1 Å². The fraction of sp³-hybridized carbons (Fsp3) is 0.750. The van der Waals surface area contributed by atoms with Crippen LogP contribution in [0.1, 0.15) is 94.4 Å². The Hall–Kier alpha value is -2.15. The van der Waals surface area contributed by atoms with E-state index >= 15 is 0 Å². The van der Waals surface area contributed by atoms with E-state index in [4.69, 9.17) is 5.73 Å². The third-order valence-corrected chi connectivity index (χ3v) is 5.32. The molecule has 0 aromatic heterocycles. The van der Waals surface area contributed by atoms with Crippen LogP contribution in [0.25, 0.3) is 0 Å². The molecule has 0 aromatic carbocycles. The second-order valence-electron chi connectivity index (χ2n) is 10.5. The van der Waals surface area contributed by atoms with E-state index in [2.05, 4.69) is 44.6 Å². The van der Waals surface area contributed by atoms with Gasteiger partial charge in [-0.05, 0) is 30.6 Å². The maximum atomic E-state index is 13.0. The average molecular weight is 495 g/mol. The number of carbonyl (C=O) groups excluding carboxylic acids is 3. The quantitative estimate of drug-likeness (QED) is 0.305. The smallest absolute Gasteiger partial charge is 0.248 e. The molecule has 35 heavy (non-hydrogen) atoms. The van der Waals surface area contributed by atoms with Crippen molar-refractivity contribution in [1.82, 2.24) is 15.5 Å². The molecule has 1 saturated heterocycles. The summed E-state index contributed by atoms with van der Waals surface area (Å²) in [5, 5.41) is 5.66. The third kappa shape index (κ3) is 13.5. The van der Waals surface area contributed by atoms with Gasteiger partial charge in [0.1, 0.15) is 6.04 Å². The van der Waals surface area contributed by atoms with Gasteiger partial charge in [0.2, 0.25) is 17.7 Å². The van der Waals surface area contributed by atoms with Crippen molar-refractivity contribution in [2.75, 3.05) is 13.1 Å². The molecule has 7 nitrogen and oxygen atoms in total. The van der Waals surface area contributed by atoms with Gasteiger partial charge in [0.15, 0.2) is 0 Å². The maximum absolute atomic E-state index is 13.0. The Balaban J connectivity index is 0. The zero-order chi connectivity index (χ0) is 27.8. The Kier molecular flexibility index (Phi) is 18.2. The highest BCUT2D eigenvalue weighted by atomic mass is 16.2. The van der Waals surface area contributed by atoms with Crippen LogP contribution < -0.4 is 16.4 Å². The number of hydrogen-bond acceptors (Lipinski definition) is 4. The minimum absolute atomic E-state index is 0.206. The number of unbranched alkanes of at least 4 members (excludes halogenated alkanes) is 1. The summed E-state index contributed by atoms with van der Waals surface area (Å²) in [6.07, 6.45) is 5.32. The van der Waals surface area contributed by atoms with Crippen molar-refractivity contribution in [2.45, 2.75) is 113 Å². The number of rotatable bonds is 10. The fourth-order valence-electron chi connectivity index (χ4n) is 3.30. The molecular formula is C28H54N4O3. The summed E-state index contributed by atoms with van der Waals surface area (Å²) < 4.78 is 0. The molecule has 4 N–H and O–H groups in total. The minimum atomic E-state index is -0.675. The van der Waals surface area contributed by atoms with E-state index in [1.807, 2.05) is 41.5 Å². The van der Waals surface area contributed by atoms with Crippen molar-refractivity contribution in [3.63, 3.8) is 0 Å². The summed E-state index contributed by atoms with van der Waals surface area (Å²) in [7, 11) is 0. The first kappa shape index (κ1) is 35.0. The Morgan fingerprint density at radius 1 is 1.17 bits per heavy atom. The van der Waals surface area contributed by atoms with E-state index in [0.717, 1.165) is 25.2 Å². The van der Waals surface area contributed by atoms with Gasteiger partial charge in [0.25, 0.3) is 0 Å². The fourth-order valence-corrected chi connectivity index (χ4v) is 3.30. The van der Waals surface area contributed by atoms with Crippen LogP contribution in [0.5, 0.6) is 0 Å². The Morgan fingerprint density at radius 3 is 2.17 bits per heavy atom. The number of hydrogen-bond donors (Lipinski definition) is 3. The Bertz CT molecular complexity index is 665. The van der Waals surface area contributed by atoms with Crippen LogP contribution in [0.4, 0.5) is 0 Å². The third-order valence-electron chi connectivity index (χ3n) is 5.32. The Labute approximate surface area is 215 Å². The second-order valence-corrected chi connectivity index (χ2v) is 10.5. The Morgan fingerprint density at radius 2 is 1.71 bits per heavy atom. The van der Waals surface area contributed by atoms with Gasteiger partial charge < -0.3 is 21.3 Å². The van der Waals surface area contributed by atoms with Crippen molar-refractivity contribution in [3.8, 4) is 0 Å². The second kappa shape index (κ2) is 18.2. The van der Waals surface area contributed by atoms with Gasteiger partial charge in [-0.1, -0.05) is 87.8 Å². The summed E-state index contributed by atoms with van der Waals surface area (Å²) in [4.78, 5) is 39.7. The molecule has 0 spiro atoms. The SMILES string of the molecule is C=CCNC(=O)C(=C)C(CCCC)NC(=O)C1CCCN1C(=O)C(N)C(C)(C)C.CC.CC(C)C. The van der Waals surface area contributed by atoms with E-state index in [0.29, 0.717) is 31.5 Å². The van der Waals surface area contributed by atoms with E-state index in [9.17, 15) is 14.4 Å². The zero-order valence-electron chi connectivity index (χ0n) is 24.0. The number of nitrogens with zero attached hydrogens (tertiary/aromatic N) is 1. The number of likely N-dealkylation sites (tertiary alicyclic amines) is 1. The first-order valence-electron chi connectivity index (χ1n) is 13.2. The standard InChI is InChI=1S/C22H38N4O3.C4H10.C2H6/c1-7-9-11-16(15(3)19(27)24-13-8-2)25-20(28)17-12-10-14-26(17)21(29)18(23)22(4,5)6;1-4(2)3;1-2/h8,16-18H,2-3,7,9-14,23H2,1,4-6H3,(H,24,27)(H,25,28);4H,1-3H3;1-2H3. The molecule has 204 valence electrons. The number of nitrogens with two attached hydrogens (primary N) is 1. The molecule has 0 aromatic rings. The van der Waals surface area contributed by atoms with Crippen molar-refractivity contribution in [3.05, 3.63) is 24.8 Å². The largest absolute Gasteiger partial charge is 0.349 e. The molecule has 1 rings (SSSR count). The molecule has 0 saturated carbocycles. The molecule has 1 aliphatic rings. The van der Waals surface area contributed by atoms with Gasteiger partial charge >= 0.3 is 0 Å². The van der Waals surface area contributed by atoms with Crippen LogP contribution in [0.3, 0.4) is 0 Å². The average Bonchev–Trinajstić information content (AvgIpc) is 3.29. The minimum Gasteiger partial charge on any atom is -0.349 e. The van der Waals surface area contributed by atoms with Crippen molar-refractivity contribution < 1.29 is 14.4 Å². The molecule has 0 radical (unpaired) electrons. The van der Waals surface area contributed by atoms with Gasteiger partial charge in [-0.15, -0.1) is 6.58 Å². The van der Waals surface area contributed by atoms with Gasteiger partial charge in [-0.2, -0.15) is 0 Å². The topological polar surface area (TPSA) is 105 Å². The monoisotopic (exact) mass is 494 g/mol. The van der Waals surface area contributed by atoms with Crippen LogP contribution in [0.15, 0.2) is 24.8 Å². The highest BCUT2D eigenvalue weighted by Gasteiger charge is 2.40. The van der Waals surface area contributed by atoms with Gasteiger partial charge in [-0.3, -0.25) is 14.4 Å².